The van der Waals surface area contributed by atoms with Gasteiger partial charge in [0, 0.05) is 18.6 Å². The van der Waals surface area contributed by atoms with Crippen molar-refractivity contribution in [3.63, 3.8) is 0 Å². The highest BCUT2D eigenvalue weighted by Gasteiger charge is 2.70. The van der Waals surface area contributed by atoms with Crippen LogP contribution in [0.2, 0.25) is 0 Å². The molecule has 0 unspecified atom stereocenters. The van der Waals surface area contributed by atoms with Crippen LogP contribution in [0.5, 0.6) is 0 Å². The summed E-state index contributed by atoms with van der Waals surface area (Å²) in [5.74, 6) is 0.000952. The molecule has 0 aromatic heterocycles. The first kappa shape index (κ1) is 33.7. The lowest BCUT2D eigenvalue weighted by Gasteiger charge is -2.56. The molecule has 7 rings (SSSR count). The summed E-state index contributed by atoms with van der Waals surface area (Å²) in [5.41, 5.74) is -0.309. The van der Waals surface area contributed by atoms with Gasteiger partial charge in [0.05, 0.1) is 6.04 Å². The molecule has 0 aromatic rings. The molecule has 10 heteroatoms. The summed E-state index contributed by atoms with van der Waals surface area (Å²) in [6.07, 6.45) is 15.6. The fourth-order valence-electron chi connectivity index (χ4n) is 10.7. The number of rotatable bonds is 13. The quantitative estimate of drug-likeness (QED) is 0.177. The molecule has 1 heterocycles. The highest BCUT2D eigenvalue weighted by molar-refractivity contribution is 6.38. The predicted molar refractivity (Wildman–Crippen MR) is 179 cm³/mol. The summed E-state index contributed by atoms with van der Waals surface area (Å²) in [4.78, 5) is 69.8. The van der Waals surface area contributed by atoms with E-state index in [1.54, 1.807) is 11.0 Å². The number of Topliss-reactive ketones (excluding diaryl/α,β-unsaturated/α-hetero) is 1. The van der Waals surface area contributed by atoms with Crippen molar-refractivity contribution in [2.45, 2.75) is 121 Å². The number of carbonyl (C=O) groups is 5. The molecular weight excluding hydrogens is 594 g/mol. The minimum Gasteiger partial charge on any atom is -0.346 e. The number of urea groups is 1. The van der Waals surface area contributed by atoms with Gasteiger partial charge in [-0.15, -0.1) is 13.2 Å². The molecule has 5 amide bonds. The second-order valence-corrected chi connectivity index (χ2v) is 16.4. The topological polar surface area (TPSA) is 137 Å². The van der Waals surface area contributed by atoms with Crippen molar-refractivity contribution in [1.82, 2.24) is 26.2 Å². The van der Waals surface area contributed by atoms with E-state index in [0.29, 0.717) is 30.7 Å². The van der Waals surface area contributed by atoms with Gasteiger partial charge in [-0.25, -0.2) is 4.79 Å². The van der Waals surface area contributed by atoms with Crippen LogP contribution in [0, 0.1) is 40.9 Å². The van der Waals surface area contributed by atoms with Gasteiger partial charge in [0.2, 0.25) is 17.6 Å². The zero-order chi connectivity index (χ0) is 33.5. The number of fused-ring (bicyclic) bond motifs is 1. The van der Waals surface area contributed by atoms with E-state index in [2.05, 4.69) is 48.3 Å². The first-order valence-corrected chi connectivity index (χ1v) is 18.2. The normalized spacial score (nSPS) is 34.4. The predicted octanol–water partition coefficient (Wildman–Crippen LogP) is 4.01. The lowest BCUT2D eigenvalue weighted by molar-refractivity contribution is -0.144. The molecule has 10 nitrogen and oxygen atoms in total. The molecule has 1 aliphatic heterocycles. The van der Waals surface area contributed by atoms with Crippen LogP contribution in [0.3, 0.4) is 0 Å². The molecular formula is C37H55N5O5. The van der Waals surface area contributed by atoms with Crippen molar-refractivity contribution in [2.75, 3.05) is 13.1 Å². The third-order valence-corrected chi connectivity index (χ3v) is 12.8. The summed E-state index contributed by atoms with van der Waals surface area (Å²) in [6.45, 7) is 12.1. The monoisotopic (exact) mass is 649 g/mol. The molecule has 0 spiro atoms. The number of nitrogens with zero attached hydrogens (tertiary/aromatic N) is 1. The standard InChI is InChI=1S/C37H55N5O5/c1-5-7-13-27(31(43)33(45)38-14-6-2)39-32(44)30-28-26(36(28,3)4)21-42(30)34(46)29(25-11-9-8-10-12-25)40-35(47)41-37-18-22-15-23(19-37)17-24(16-22)20-37/h5-6,22-30H,1-2,7-21H2,3-4H3,(H,38,45)(H,39,44)(H2,40,41,47)/t22?,23?,24?,26-,27-,28-,29-,30-,37?/m0/s1. The van der Waals surface area contributed by atoms with Crippen LogP contribution in [0.25, 0.3) is 0 Å². The Bertz CT molecular complexity index is 1250. The fraction of sp³-hybridized carbons (Fsp3) is 0.757. The second kappa shape index (κ2) is 13.4. The summed E-state index contributed by atoms with van der Waals surface area (Å²) in [7, 11) is 0. The molecule has 4 bridgehead atoms. The minimum absolute atomic E-state index is 0.00230. The summed E-state index contributed by atoms with van der Waals surface area (Å²) in [5, 5.41) is 11.9. The van der Waals surface area contributed by atoms with Crippen molar-refractivity contribution in [2.24, 2.45) is 40.9 Å². The van der Waals surface area contributed by atoms with Crippen molar-refractivity contribution in [1.29, 1.82) is 0 Å². The van der Waals surface area contributed by atoms with Crippen molar-refractivity contribution >= 4 is 29.5 Å². The van der Waals surface area contributed by atoms with Crippen LogP contribution in [-0.4, -0.2) is 71.2 Å². The van der Waals surface area contributed by atoms with Crippen molar-refractivity contribution < 1.29 is 24.0 Å². The van der Waals surface area contributed by atoms with Gasteiger partial charge < -0.3 is 26.2 Å². The molecule has 0 radical (unpaired) electrons. The van der Waals surface area contributed by atoms with Gasteiger partial charge in [-0.1, -0.05) is 45.3 Å². The number of allylic oxidation sites excluding steroid dienone is 1. The summed E-state index contributed by atoms with van der Waals surface area (Å²) in [6, 6.07) is -2.80. The Morgan fingerprint density at radius 3 is 2.13 bits per heavy atom. The van der Waals surface area contributed by atoms with Crippen molar-refractivity contribution in [3.05, 3.63) is 25.3 Å². The van der Waals surface area contributed by atoms with Gasteiger partial charge in [0.15, 0.2) is 0 Å². The second-order valence-electron chi connectivity index (χ2n) is 16.4. The molecule has 4 N–H and O–H groups in total. The molecule has 5 atom stereocenters. The lowest BCUT2D eigenvalue weighted by atomic mass is 9.53. The molecule has 258 valence electrons. The number of carbonyl (C=O) groups excluding carboxylic acids is 5. The zero-order valence-corrected chi connectivity index (χ0v) is 28.4. The number of hydrogen-bond acceptors (Lipinski definition) is 5. The maximum atomic E-state index is 14.6. The van der Waals surface area contributed by atoms with Gasteiger partial charge in [0.1, 0.15) is 12.1 Å². The minimum atomic E-state index is -1.04. The van der Waals surface area contributed by atoms with Crippen LogP contribution in [-0.2, 0) is 19.2 Å². The highest BCUT2D eigenvalue weighted by Crippen LogP contribution is 2.65. The van der Waals surface area contributed by atoms with Crippen LogP contribution >= 0.6 is 0 Å². The van der Waals surface area contributed by atoms with Crippen LogP contribution < -0.4 is 21.3 Å². The Morgan fingerprint density at radius 1 is 0.894 bits per heavy atom. The lowest BCUT2D eigenvalue weighted by Crippen LogP contribution is -2.64. The smallest absolute Gasteiger partial charge is 0.315 e. The van der Waals surface area contributed by atoms with Crippen LogP contribution in [0.1, 0.15) is 97.3 Å². The summed E-state index contributed by atoms with van der Waals surface area (Å²) >= 11 is 0. The average Bonchev–Trinajstić information content (AvgIpc) is 3.34. The van der Waals surface area contributed by atoms with Crippen LogP contribution in [0.4, 0.5) is 4.79 Å². The van der Waals surface area contributed by atoms with Gasteiger partial charge >= 0.3 is 6.03 Å². The largest absolute Gasteiger partial charge is 0.346 e. The van der Waals surface area contributed by atoms with E-state index in [1.807, 2.05) is 0 Å². The maximum Gasteiger partial charge on any atom is 0.315 e. The van der Waals surface area contributed by atoms with E-state index >= 15 is 0 Å². The molecule has 47 heavy (non-hydrogen) atoms. The Labute approximate surface area is 279 Å². The van der Waals surface area contributed by atoms with E-state index in [0.717, 1.165) is 51.4 Å². The third-order valence-electron chi connectivity index (χ3n) is 12.8. The van der Waals surface area contributed by atoms with Gasteiger partial charge in [0.25, 0.3) is 5.91 Å². The Kier molecular flexibility index (Phi) is 9.60. The Hall–Kier alpha value is -3.17. The number of ketones is 1. The van der Waals surface area contributed by atoms with E-state index < -0.39 is 35.7 Å². The molecule has 7 fully saturated rings. The van der Waals surface area contributed by atoms with Gasteiger partial charge in [-0.2, -0.15) is 0 Å². The molecule has 6 aliphatic carbocycles. The molecule has 6 saturated carbocycles. The number of likely N-dealkylation sites (tertiary alicyclic amines) is 1. The molecule has 0 aromatic carbocycles. The average molecular weight is 650 g/mol. The Balaban J connectivity index is 1.19. The van der Waals surface area contributed by atoms with Crippen LogP contribution in [0.15, 0.2) is 25.3 Å². The first-order valence-electron chi connectivity index (χ1n) is 18.2. The summed E-state index contributed by atoms with van der Waals surface area (Å²) < 4.78 is 0. The first-order chi connectivity index (χ1) is 22.5. The number of hydrogen-bond donors (Lipinski definition) is 4. The van der Waals surface area contributed by atoms with Gasteiger partial charge in [-0.3, -0.25) is 19.2 Å². The number of amides is 5. The van der Waals surface area contributed by atoms with E-state index in [1.165, 1.54) is 25.3 Å². The van der Waals surface area contributed by atoms with Gasteiger partial charge in [-0.05, 0) is 105 Å². The molecule has 1 saturated heterocycles. The maximum absolute atomic E-state index is 14.6. The zero-order valence-electron chi connectivity index (χ0n) is 28.4. The number of nitrogens with one attached hydrogen (secondary N) is 4. The van der Waals surface area contributed by atoms with E-state index in [-0.39, 0.29) is 53.6 Å². The number of piperidine rings is 1. The fourth-order valence-corrected chi connectivity index (χ4v) is 10.7. The van der Waals surface area contributed by atoms with E-state index in [4.69, 9.17) is 0 Å². The van der Waals surface area contributed by atoms with E-state index in [9.17, 15) is 24.0 Å². The Morgan fingerprint density at radius 2 is 1.53 bits per heavy atom. The highest BCUT2D eigenvalue weighted by atomic mass is 16.2. The molecule has 7 aliphatic rings. The SMILES string of the molecule is C=CCC[C@H](NC(=O)[C@@H]1[C@@H]2[C@H](CN1C(=O)[C@@H](NC(=O)NC13CC4CC(CC(C4)C1)C3)C1CCCCC1)C2(C)C)C(=O)C(=O)NCC=C. The van der Waals surface area contributed by atoms with Crippen molar-refractivity contribution in [3.8, 4) is 0 Å². The third kappa shape index (κ3) is 6.75.